The van der Waals surface area contributed by atoms with Crippen LogP contribution in [0.2, 0.25) is 0 Å². The lowest BCUT2D eigenvalue weighted by Crippen LogP contribution is -2.45. The molecule has 7 nitrogen and oxygen atoms in total. The van der Waals surface area contributed by atoms with E-state index in [4.69, 9.17) is 0 Å². The van der Waals surface area contributed by atoms with E-state index in [9.17, 15) is 19.2 Å². The highest BCUT2D eigenvalue weighted by Crippen LogP contribution is 2.48. The SMILES string of the molecule is C=CCC1(C(=O)OC)C(=O)C(C(=O)OC)CC1C(=O)OC. The van der Waals surface area contributed by atoms with Crippen LogP contribution in [-0.4, -0.2) is 45.0 Å². The maximum absolute atomic E-state index is 12.6. The number of rotatable bonds is 5. The molecule has 3 unspecified atom stereocenters. The summed E-state index contributed by atoms with van der Waals surface area (Å²) in [5, 5.41) is 0. The third kappa shape index (κ3) is 2.55. The molecule has 3 atom stereocenters. The summed E-state index contributed by atoms with van der Waals surface area (Å²) in [5.41, 5.74) is -1.79. The van der Waals surface area contributed by atoms with Crippen LogP contribution in [0.25, 0.3) is 0 Å². The molecular weight excluding hydrogens is 280 g/mol. The topological polar surface area (TPSA) is 96.0 Å². The lowest BCUT2D eigenvalue weighted by Gasteiger charge is -2.28. The van der Waals surface area contributed by atoms with Gasteiger partial charge in [-0.3, -0.25) is 19.2 Å². The molecule has 0 N–H and O–H groups in total. The minimum absolute atomic E-state index is 0.119. The fourth-order valence-electron chi connectivity index (χ4n) is 2.79. The van der Waals surface area contributed by atoms with Gasteiger partial charge in [-0.15, -0.1) is 6.58 Å². The van der Waals surface area contributed by atoms with E-state index in [0.29, 0.717) is 0 Å². The predicted octanol–water partition coefficient (Wildman–Crippen LogP) is 0.273. The highest BCUT2D eigenvalue weighted by atomic mass is 16.5. The third-order valence-electron chi connectivity index (χ3n) is 3.81. The number of ketones is 1. The summed E-state index contributed by atoms with van der Waals surface area (Å²) in [6.07, 6.45) is 1.07. The Balaban J connectivity index is 3.40. The molecule has 1 saturated carbocycles. The summed E-state index contributed by atoms with van der Waals surface area (Å²) in [6.45, 7) is 3.50. The molecule has 116 valence electrons. The van der Waals surface area contributed by atoms with Crippen molar-refractivity contribution in [2.75, 3.05) is 21.3 Å². The second kappa shape index (κ2) is 6.51. The van der Waals surface area contributed by atoms with Gasteiger partial charge in [0.05, 0.1) is 27.2 Å². The van der Waals surface area contributed by atoms with Crippen LogP contribution in [0.4, 0.5) is 0 Å². The number of hydrogen-bond donors (Lipinski definition) is 0. The van der Waals surface area contributed by atoms with E-state index >= 15 is 0 Å². The Labute approximate surface area is 122 Å². The molecule has 0 aliphatic heterocycles. The first-order chi connectivity index (χ1) is 9.90. The van der Waals surface area contributed by atoms with Gasteiger partial charge in [-0.25, -0.2) is 0 Å². The number of hydrogen-bond acceptors (Lipinski definition) is 7. The van der Waals surface area contributed by atoms with E-state index in [1.54, 1.807) is 0 Å². The molecule has 1 fully saturated rings. The van der Waals surface area contributed by atoms with Crippen molar-refractivity contribution >= 4 is 23.7 Å². The van der Waals surface area contributed by atoms with E-state index in [-0.39, 0.29) is 12.8 Å². The third-order valence-corrected chi connectivity index (χ3v) is 3.81. The summed E-state index contributed by atoms with van der Waals surface area (Å²) >= 11 is 0. The largest absolute Gasteiger partial charge is 0.469 e. The van der Waals surface area contributed by atoms with Crippen molar-refractivity contribution in [2.45, 2.75) is 12.8 Å². The van der Waals surface area contributed by atoms with Gasteiger partial charge in [0.1, 0.15) is 11.3 Å². The first-order valence-electron chi connectivity index (χ1n) is 6.29. The average Bonchev–Trinajstić information content (AvgIpc) is 2.79. The number of carbonyl (C=O) groups is 4. The molecule has 7 heteroatoms. The monoisotopic (exact) mass is 298 g/mol. The van der Waals surface area contributed by atoms with Gasteiger partial charge in [-0.05, 0) is 12.8 Å². The molecule has 0 aromatic heterocycles. The molecule has 0 radical (unpaired) electrons. The van der Waals surface area contributed by atoms with Gasteiger partial charge in [0, 0.05) is 0 Å². The van der Waals surface area contributed by atoms with Crippen LogP contribution in [0, 0.1) is 17.3 Å². The normalized spacial score (nSPS) is 27.9. The van der Waals surface area contributed by atoms with Gasteiger partial charge in [-0.2, -0.15) is 0 Å². The Morgan fingerprint density at radius 3 is 2.19 bits per heavy atom. The lowest BCUT2D eigenvalue weighted by molar-refractivity contribution is -0.167. The minimum Gasteiger partial charge on any atom is -0.469 e. The maximum atomic E-state index is 12.6. The average molecular weight is 298 g/mol. The number of allylic oxidation sites excluding steroid dienone is 1. The summed E-state index contributed by atoms with van der Waals surface area (Å²) in [6, 6.07) is 0. The zero-order chi connectivity index (χ0) is 16.2. The Morgan fingerprint density at radius 2 is 1.76 bits per heavy atom. The maximum Gasteiger partial charge on any atom is 0.320 e. The Hall–Kier alpha value is -2.18. The second-order valence-electron chi connectivity index (χ2n) is 4.71. The van der Waals surface area contributed by atoms with Gasteiger partial charge in [0.25, 0.3) is 0 Å². The van der Waals surface area contributed by atoms with E-state index in [1.165, 1.54) is 6.08 Å². The van der Waals surface area contributed by atoms with Gasteiger partial charge >= 0.3 is 17.9 Å². The first kappa shape index (κ1) is 16.9. The Bertz CT molecular complexity index is 482. The molecule has 0 saturated heterocycles. The fraction of sp³-hybridized carbons (Fsp3) is 0.571. The minimum atomic E-state index is -1.79. The number of methoxy groups -OCH3 is 3. The zero-order valence-corrected chi connectivity index (χ0v) is 12.2. The molecule has 21 heavy (non-hydrogen) atoms. The zero-order valence-electron chi connectivity index (χ0n) is 12.2. The van der Waals surface area contributed by atoms with Crippen molar-refractivity contribution < 1.29 is 33.4 Å². The molecule has 0 spiro atoms. The molecular formula is C14H18O7. The van der Waals surface area contributed by atoms with Crippen LogP contribution < -0.4 is 0 Å². The van der Waals surface area contributed by atoms with Crippen LogP contribution in [-0.2, 0) is 33.4 Å². The van der Waals surface area contributed by atoms with E-state index in [2.05, 4.69) is 20.8 Å². The lowest BCUT2D eigenvalue weighted by atomic mass is 9.74. The Morgan fingerprint density at radius 1 is 1.19 bits per heavy atom. The van der Waals surface area contributed by atoms with Crippen molar-refractivity contribution in [2.24, 2.45) is 17.3 Å². The highest BCUT2D eigenvalue weighted by molar-refractivity contribution is 6.16. The van der Waals surface area contributed by atoms with E-state index in [0.717, 1.165) is 21.3 Å². The van der Waals surface area contributed by atoms with Crippen molar-refractivity contribution in [3.63, 3.8) is 0 Å². The summed E-state index contributed by atoms with van der Waals surface area (Å²) < 4.78 is 13.9. The molecule has 0 amide bonds. The van der Waals surface area contributed by atoms with Crippen molar-refractivity contribution in [1.82, 2.24) is 0 Å². The van der Waals surface area contributed by atoms with Crippen molar-refractivity contribution in [3.8, 4) is 0 Å². The predicted molar refractivity (Wildman–Crippen MR) is 69.9 cm³/mol. The highest BCUT2D eigenvalue weighted by Gasteiger charge is 2.64. The first-order valence-corrected chi connectivity index (χ1v) is 6.29. The van der Waals surface area contributed by atoms with Crippen LogP contribution in [0.3, 0.4) is 0 Å². The molecule has 0 bridgehead atoms. The molecule has 0 aromatic carbocycles. The van der Waals surface area contributed by atoms with Crippen LogP contribution in [0.15, 0.2) is 12.7 Å². The number of esters is 3. The molecule has 1 rings (SSSR count). The molecule has 0 aromatic rings. The fourth-order valence-corrected chi connectivity index (χ4v) is 2.79. The quantitative estimate of drug-likeness (QED) is 0.311. The summed E-state index contributed by atoms with van der Waals surface area (Å²) in [7, 11) is 3.39. The van der Waals surface area contributed by atoms with E-state index in [1.807, 2.05) is 0 Å². The molecule has 1 aliphatic carbocycles. The van der Waals surface area contributed by atoms with Crippen molar-refractivity contribution in [1.29, 1.82) is 0 Å². The summed E-state index contributed by atoms with van der Waals surface area (Å²) in [5.74, 6) is -5.42. The second-order valence-corrected chi connectivity index (χ2v) is 4.71. The number of carbonyl (C=O) groups excluding carboxylic acids is 4. The van der Waals surface area contributed by atoms with Crippen LogP contribution in [0.5, 0.6) is 0 Å². The van der Waals surface area contributed by atoms with E-state index < -0.39 is 40.9 Å². The molecule has 0 heterocycles. The smallest absolute Gasteiger partial charge is 0.320 e. The standard InChI is InChI=1S/C14H18O7/c1-5-6-14(13(18)21-4)9(12(17)20-3)7-8(10(14)15)11(16)19-2/h5,8-9H,1,6-7H2,2-4H3. The van der Waals surface area contributed by atoms with Crippen LogP contribution >= 0.6 is 0 Å². The van der Waals surface area contributed by atoms with Crippen LogP contribution in [0.1, 0.15) is 12.8 Å². The number of ether oxygens (including phenoxy) is 3. The molecule has 1 aliphatic rings. The Kier molecular flexibility index (Phi) is 5.23. The summed E-state index contributed by atoms with van der Waals surface area (Å²) in [4.78, 5) is 48.4. The van der Waals surface area contributed by atoms with Crippen molar-refractivity contribution in [3.05, 3.63) is 12.7 Å². The van der Waals surface area contributed by atoms with Gasteiger partial charge in [0.15, 0.2) is 5.78 Å². The van der Waals surface area contributed by atoms with Gasteiger partial charge in [-0.1, -0.05) is 6.08 Å². The number of Topliss-reactive ketones (excluding diaryl/α,β-unsaturated/α-hetero) is 1. The van der Waals surface area contributed by atoms with Gasteiger partial charge in [0.2, 0.25) is 0 Å². The van der Waals surface area contributed by atoms with Gasteiger partial charge < -0.3 is 14.2 Å².